The Kier molecular flexibility index (Phi) is 6.32. The lowest BCUT2D eigenvalue weighted by Gasteiger charge is -2.20. The van der Waals surface area contributed by atoms with Gasteiger partial charge in [-0.25, -0.2) is 4.79 Å². The number of carbonyl (C=O) groups is 1. The van der Waals surface area contributed by atoms with E-state index in [1.165, 1.54) is 4.90 Å². The van der Waals surface area contributed by atoms with Gasteiger partial charge in [0.15, 0.2) is 0 Å². The van der Waals surface area contributed by atoms with Crippen molar-refractivity contribution in [2.24, 2.45) is 0 Å². The van der Waals surface area contributed by atoms with Crippen LogP contribution in [0.4, 0.5) is 0 Å². The van der Waals surface area contributed by atoms with Crippen LogP contribution in [-0.2, 0) is 11.2 Å². The molecular weight excluding hydrogens is 434 g/mol. The molecule has 0 unspecified atom stereocenters. The Morgan fingerprint density at radius 1 is 1.03 bits per heavy atom. The standard InChI is InChI=1S/C24H22ClNO6/c1-14-17-10-19-20(15-2-4-16(25)5-3-15)13-31-21(19)12-22(17)32-24(30)18(14)11-23(29)26(6-8-27)7-9-28/h2-5,10,12-13,27-28H,6-9,11H2,1H3. The number of hydrogen-bond acceptors (Lipinski definition) is 6. The number of aliphatic hydroxyl groups excluding tert-OH is 2. The number of benzene rings is 2. The number of furan rings is 1. The van der Waals surface area contributed by atoms with Crippen LogP contribution < -0.4 is 5.63 Å². The van der Waals surface area contributed by atoms with Gasteiger partial charge in [0.2, 0.25) is 5.91 Å². The number of hydrogen-bond donors (Lipinski definition) is 2. The zero-order chi connectivity index (χ0) is 22.8. The van der Waals surface area contributed by atoms with Gasteiger partial charge in [-0.3, -0.25) is 4.79 Å². The van der Waals surface area contributed by atoms with Gasteiger partial charge in [-0.15, -0.1) is 0 Å². The van der Waals surface area contributed by atoms with Crippen LogP contribution in [0.2, 0.25) is 5.02 Å². The number of rotatable bonds is 7. The topological polar surface area (TPSA) is 104 Å². The van der Waals surface area contributed by atoms with E-state index in [-0.39, 0.29) is 44.2 Å². The van der Waals surface area contributed by atoms with Gasteiger partial charge in [0, 0.05) is 40.5 Å². The van der Waals surface area contributed by atoms with Crippen LogP contribution in [0, 0.1) is 6.92 Å². The molecule has 0 saturated heterocycles. The van der Waals surface area contributed by atoms with Crippen molar-refractivity contribution in [3.63, 3.8) is 0 Å². The highest BCUT2D eigenvalue weighted by atomic mass is 35.5. The maximum absolute atomic E-state index is 12.7. The summed E-state index contributed by atoms with van der Waals surface area (Å²) >= 11 is 6.00. The molecule has 1 amide bonds. The summed E-state index contributed by atoms with van der Waals surface area (Å²) in [5.74, 6) is -0.367. The molecular formula is C24H22ClNO6. The van der Waals surface area contributed by atoms with Crippen molar-refractivity contribution in [2.75, 3.05) is 26.3 Å². The molecule has 4 rings (SSSR count). The van der Waals surface area contributed by atoms with E-state index in [1.54, 1.807) is 31.4 Å². The van der Waals surface area contributed by atoms with Crippen molar-refractivity contribution >= 4 is 39.4 Å². The quantitative estimate of drug-likeness (QED) is 0.413. The fourth-order valence-electron chi connectivity index (χ4n) is 3.83. The SMILES string of the molecule is Cc1c(CC(=O)N(CCO)CCO)c(=O)oc2cc3occ(-c4ccc(Cl)cc4)c3cc12. The number of amides is 1. The monoisotopic (exact) mass is 455 g/mol. The maximum Gasteiger partial charge on any atom is 0.340 e. The molecule has 32 heavy (non-hydrogen) atoms. The van der Waals surface area contributed by atoms with Crippen molar-refractivity contribution in [3.8, 4) is 11.1 Å². The number of halogens is 1. The highest BCUT2D eigenvalue weighted by Crippen LogP contribution is 2.35. The summed E-state index contributed by atoms with van der Waals surface area (Å²) in [7, 11) is 0. The van der Waals surface area contributed by atoms with Gasteiger partial charge in [0.05, 0.1) is 31.5 Å². The van der Waals surface area contributed by atoms with Gasteiger partial charge in [-0.2, -0.15) is 0 Å². The summed E-state index contributed by atoms with van der Waals surface area (Å²) in [5, 5.41) is 20.5. The molecule has 8 heteroatoms. The molecule has 0 radical (unpaired) electrons. The largest absolute Gasteiger partial charge is 0.464 e. The van der Waals surface area contributed by atoms with Crippen molar-refractivity contribution in [2.45, 2.75) is 13.3 Å². The maximum atomic E-state index is 12.7. The highest BCUT2D eigenvalue weighted by Gasteiger charge is 2.20. The summed E-state index contributed by atoms with van der Waals surface area (Å²) in [4.78, 5) is 26.6. The van der Waals surface area contributed by atoms with Crippen LogP contribution in [0.3, 0.4) is 0 Å². The minimum Gasteiger partial charge on any atom is -0.464 e. The van der Waals surface area contributed by atoms with Crippen LogP contribution in [0.15, 0.2) is 56.3 Å². The first-order valence-electron chi connectivity index (χ1n) is 10.2. The third-order valence-corrected chi connectivity index (χ3v) is 5.81. The second-order valence-corrected chi connectivity index (χ2v) is 7.94. The lowest BCUT2D eigenvalue weighted by Crippen LogP contribution is -2.37. The van der Waals surface area contributed by atoms with E-state index in [4.69, 9.17) is 20.4 Å². The fraction of sp³-hybridized carbons (Fsp3) is 0.250. The van der Waals surface area contributed by atoms with Gasteiger partial charge in [-0.1, -0.05) is 23.7 Å². The van der Waals surface area contributed by atoms with Crippen LogP contribution in [-0.4, -0.2) is 47.3 Å². The Hall–Kier alpha value is -3.13. The molecule has 0 fully saturated rings. The Labute approximate surface area is 188 Å². The lowest BCUT2D eigenvalue weighted by atomic mass is 9.99. The van der Waals surface area contributed by atoms with E-state index in [0.29, 0.717) is 27.1 Å². The van der Waals surface area contributed by atoms with Crippen molar-refractivity contribution < 1.29 is 23.8 Å². The van der Waals surface area contributed by atoms with Crippen molar-refractivity contribution in [1.29, 1.82) is 0 Å². The number of nitrogens with zero attached hydrogens (tertiary/aromatic N) is 1. The first kappa shape index (κ1) is 22.1. The molecule has 0 aliphatic carbocycles. The van der Waals surface area contributed by atoms with E-state index < -0.39 is 5.63 Å². The Balaban J connectivity index is 1.79. The van der Waals surface area contributed by atoms with E-state index >= 15 is 0 Å². The molecule has 0 aliphatic rings. The van der Waals surface area contributed by atoms with Crippen LogP contribution in [0.1, 0.15) is 11.1 Å². The average molecular weight is 456 g/mol. The number of aliphatic hydroxyl groups is 2. The molecule has 166 valence electrons. The second-order valence-electron chi connectivity index (χ2n) is 7.50. The van der Waals surface area contributed by atoms with Gasteiger partial charge >= 0.3 is 5.63 Å². The van der Waals surface area contributed by atoms with Crippen LogP contribution >= 0.6 is 11.6 Å². The molecule has 0 atom stereocenters. The first-order valence-corrected chi connectivity index (χ1v) is 10.5. The number of aryl methyl sites for hydroxylation is 1. The van der Waals surface area contributed by atoms with E-state index in [2.05, 4.69) is 0 Å². The molecule has 0 bridgehead atoms. The predicted octanol–water partition coefficient (Wildman–Crippen LogP) is 3.52. The molecule has 2 N–H and O–H groups in total. The van der Waals surface area contributed by atoms with Gasteiger partial charge in [0.25, 0.3) is 0 Å². The number of fused-ring (bicyclic) bond motifs is 2. The fourth-order valence-corrected chi connectivity index (χ4v) is 3.96. The summed E-state index contributed by atoms with van der Waals surface area (Å²) in [5.41, 5.74) is 3.05. The summed E-state index contributed by atoms with van der Waals surface area (Å²) in [6.07, 6.45) is 1.46. The Bertz CT molecular complexity index is 1330. The van der Waals surface area contributed by atoms with E-state index in [0.717, 1.165) is 16.5 Å². The highest BCUT2D eigenvalue weighted by molar-refractivity contribution is 6.30. The second kappa shape index (κ2) is 9.16. The van der Waals surface area contributed by atoms with Gasteiger partial charge in [-0.05, 0) is 36.2 Å². The van der Waals surface area contributed by atoms with Gasteiger partial charge in [0.1, 0.15) is 11.2 Å². The molecule has 0 spiro atoms. The molecule has 2 heterocycles. The van der Waals surface area contributed by atoms with Crippen molar-refractivity contribution in [3.05, 3.63) is 69.2 Å². The minimum atomic E-state index is -0.597. The molecule has 0 aliphatic heterocycles. The van der Waals surface area contributed by atoms with Gasteiger partial charge < -0.3 is 23.9 Å². The minimum absolute atomic E-state index is 0.0808. The molecule has 0 saturated carbocycles. The molecule has 7 nitrogen and oxygen atoms in total. The average Bonchev–Trinajstić information content (AvgIpc) is 3.18. The Morgan fingerprint density at radius 3 is 2.38 bits per heavy atom. The zero-order valence-electron chi connectivity index (χ0n) is 17.4. The third-order valence-electron chi connectivity index (χ3n) is 5.56. The summed E-state index contributed by atoms with van der Waals surface area (Å²) in [6.45, 7) is 1.47. The summed E-state index contributed by atoms with van der Waals surface area (Å²) < 4.78 is 11.2. The smallest absolute Gasteiger partial charge is 0.340 e. The van der Waals surface area contributed by atoms with Crippen LogP contribution in [0.5, 0.6) is 0 Å². The predicted molar refractivity (Wildman–Crippen MR) is 122 cm³/mol. The number of carbonyl (C=O) groups excluding carboxylic acids is 1. The third kappa shape index (κ3) is 4.14. The van der Waals surface area contributed by atoms with Crippen LogP contribution in [0.25, 0.3) is 33.1 Å². The zero-order valence-corrected chi connectivity index (χ0v) is 18.2. The normalized spacial score (nSPS) is 11.4. The molecule has 2 aromatic carbocycles. The Morgan fingerprint density at radius 2 is 1.72 bits per heavy atom. The molecule has 4 aromatic rings. The van der Waals surface area contributed by atoms with E-state index in [1.807, 2.05) is 18.2 Å². The lowest BCUT2D eigenvalue weighted by molar-refractivity contribution is -0.131. The van der Waals surface area contributed by atoms with Crippen molar-refractivity contribution in [1.82, 2.24) is 4.90 Å². The molecule has 2 aromatic heterocycles. The summed E-state index contributed by atoms with van der Waals surface area (Å²) in [6, 6.07) is 11.0. The van der Waals surface area contributed by atoms with E-state index in [9.17, 15) is 19.8 Å². The first-order chi connectivity index (χ1) is 15.4.